The topological polar surface area (TPSA) is 102 Å². The van der Waals surface area contributed by atoms with E-state index in [0.717, 1.165) is 41.6 Å². The molecular weight excluding hydrogens is 460 g/mol. The third-order valence-electron chi connectivity index (χ3n) is 9.42. The van der Waals surface area contributed by atoms with Crippen molar-refractivity contribution in [3.63, 3.8) is 0 Å². The Bertz CT molecular complexity index is 1290. The molecule has 3 heterocycles. The molecule has 0 unspecified atom stereocenters. The molecule has 0 radical (unpaired) electrons. The van der Waals surface area contributed by atoms with Gasteiger partial charge in [0.05, 0.1) is 11.7 Å². The Morgan fingerprint density at radius 1 is 0.917 bits per heavy atom. The second-order valence-electron chi connectivity index (χ2n) is 11.8. The number of hydrogen-bond donors (Lipinski definition) is 0. The van der Waals surface area contributed by atoms with Crippen molar-refractivity contribution >= 4 is 23.0 Å². The number of aromatic nitrogens is 4. The molecule has 10 nitrogen and oxygen atoms in total. The number of rotatable bonds is 5. The highest BCUT2D eigenvalue weighted by molar-refractivity contribution is 5.84. The number of piperazine rings is 1. The smallest absolute Gasteiger partial charge is 0.332 e. The normalized spacial score (nSPS) is 29.3. The van der Waals surface area contributed by atoms with Crippen LogP contribution in [0.15, 0.2) is 15.9 Å². The van der Waals surface area contributed by atoms with E-state index in [4.69, 9.17) is 0 Å². The summed E-state index contributed by atoms with van der Waals surface area (Å²) in [6.07, 6.45) is 9.73. The Labute approximate surface area is 209 Å². The van der Waals surface area contributed by atoms with Crippen LogP contribution in [0.25, 0.3) is 11.2 Å². The minimum atomic E-state index is -0.409. The molecule has 1 aliphatic heterocycles. The van der Waals surface area contributed by atoms with E-state index in [9.17, 15) is 19.2 Å². The van der Waals surface area contributed by atoms with Crippen molar-refractivity contribution in [3.8, 4) is 0 Å². The van der Waals surface area contributed by atoms with Gasteiger partial charge in [-0.3, -0.25) is 23.5 Å². The molecule has 2 aromatic heterocycles. The van der Waals surface area contributed by atoms with Gasteiger partial charge >= 0.3 is 5.69 Å². The molecule has 36 heavy (non-hydrogen) atoms. The third kappa shape index (κ3) is 3.71. The highest BCUT2D eigenvalue weighted by Gasteiger charge is 2.55. The van der Waals surface area contributed by atoms with Crippen molar-refractivity contribution in [2.24, 2.45) is 37.3 Å². The van der Waals surface area contributed by atoms with Crippen molar-refractivity contribution in [1.29, 1.82) is 0 Å². The van der Waals surface area contributed by atoms with E-state index in [-0.39, 0.29) is 16.9 Å². The SMILES string of the molecule is Cn1c(=O)c2c(ncn2CCCC(=O)N2CCN(C(=O)C34CC5CC(CC(C5)C3)C4)CC2)n(C)c1=O. The first kappa shape index (κ1) is 23.5. The Hall–Kier alpha value is -2.91. The van der Waals surface area contributed by atoms with E-state index in [2.05, 4.69) is 4.98 Å². The van der Waals surface area contributed by atoms with Crippen LogP contribution in [0.2, 0.25) is 0 Å². The minimum absolute atomic E-state index is 0.0848. The van der Waals surface area contributed by atoms with Crippen molar-refractivity contribution in [2.75, 3.05) is 26.2 Å². The summed E-state index contributed by atoms with van der Waals surface area (Å²) in [6, 6.07) is 0. The first-order valence-electron chi connectivity index (χ1n) is 13.4. The fourth-order valence-electron chi connectivity index (χ4n) is 7.99. The van der Waals surface area contributed by atoms with Crippen molar-refractivity contribution in [3.05, 3.63) is 27.2 Å². The fourth-order valence-corrected chi connectivity index (χ4v) is 7.99. The Balaban J connectivity index is 1.03. The molecule has 5 fully saturated rings. The molecule has 4 bridgehead atoms. The van der Waals surface area contributed by atoms with E-state index >= 15 is 0 Å². The van der Waals surface area contributed by atoms with Gasteiger partial charge in [0.15, 0.2) is 11.2 Å². The van der Waals surface area contributed by atoms with E-state index in [1.165, 1.54) is 30.9 Å². The lowest BCUT2D eigenvalue weighted by molar-refractivity contribution is -0.160. The largest absolute Gasteiger partial charge is 0.339 e. The van der Waals surface area contributed by atoms with Gasteiger partial charge in [-0.05, 0) is 62.7 Å². The van der Waals surface area contributed by atoms with Gasteiger partial charge in [-0.1, -0.05) is 0 Å². The van der Waals surface area contributed by atoms with E-state index < -0.39 is 5.69 Å². The predicted octanol–water partition coefficient (Wildman–Crippen LogP) is 1.10. The molecule has 0 N–H and O–H groups in total. The molecule has 4 aliphatic carbocycles. The molecular formula is C26H36N6O4. The second-order valence-corrected chi connectivity index (χ2v) is 11.8. The highest BCUT2D eigenvalue weighted by Crippen LogP contribution is 2.60. The van der Waals surface area contributed by atoms with Gasteiger partial charge in [-0.15, -0.1) is 0 Å². The molecule has 0 spiro atoms. The van der Waals surface area contributed by atoms with Crippen LogP contribution in [-0.4, -0.2) is 66.5 Å². The lowest BCUT2D eigenvalue weighted by Gasteiger charge is -2.57. The van der Waals surface area contributed by atoms with Gasteiger partial charge < -0.3 is 14.4 Å². The summed E-state index contributed by atoms with van der Waals surface area (Å²) in [5.74, 6) is 2.69. The standard InChI is InChI=1S/C26H36N6O4/c1-28-22-21(23(34)29(2)25(28)36)32(16-27-22)5-3-4-20(33)30-6-8-31(9-7-30)24(35)26-13-17-10-18(14-26)12-19(11-17)15-26/h16-19H,3-15H2,1-2H3. The van der Waals surface area contributed by atoms with Crippen molar-refractivity contribution in [2.45, 2.75) is 57.9 Å². The van der Waals surface area contributed by atoms with Crippen LogP contribution in [0.3, 0.4) is 0 Å². The first-order chi connectivity index (χ1) is 17.3. The number of amides is 2. The van der Waals surface area contributed by atoms with Gasteiger partial charge in [0.1, 0.15) is 0 Å². The molecule has 2 amide bonds. The summed E-state index contributed by atoms with van der Waals surface area (Å²) >= 11 is 0. The molecule has 10 heteroatoms. The van der Waals surface area contributed by atoms with Crippen molar-refractivity contribution in [1.82, 2.24) is 28.5 Å². The van der Waals surface area contributed by atoms with E-state index in [0.29, 0.717) is 62.6 Å². The lowest BCUT2D eigenvalue weighted by Crippen LogP contribution is -2.58. The van der Waals surface area contributed by atoms with Gasteiger partial charge in [0.25, 0.3) is 5.56 Å². The molecule has 0 aromatic carbocycles. The Kier molecular flexibility index (Phi) is 5.60. The van der Waals surface area contributed by atoms with Crippen LogP contribution in [0.4, 0.5) is 0 Å². The minimum Gasteiger partial charge on any atom is -0.339 e. The number of hydrogen-bond acceptors (Lipinski definition) is 5. The number of aryl methyl sites for hydroxylation is 2. The zero-order chi connectivity index (χ0) is 25.2. The van der Waals surface area contributed by atoms with Crippen LogP contribution in [0.1, 0.15) is 51.4 Å². The number of nitrogens with zero attached hydrogens (tertiary/aromatic N) is 6. The van der Waals surface area contributed by atoms with Crippen LogP contribution in [-0.2, 0) is 30.2 Å². The summed E-state index contributed by atoms with van der Waals surface area (Å²) < 4.78 is 4.17. The van der Waals surface area contributed by atoms with Gasteiger partial charge in [-0.2, -0.15) is 0 Å². The van der Waals surface area contributed by atoms with Crippen LogP contribution in [0.5, 0.6) is 0 Å². The van der Waals surface area contributed by atoms with Crippen LogP contribution in [0, 0.1) is 23.2 Å². The predicted molar refractivity (Wildman–Crippen MR) is 133 cm³/mol. The molecule has 0 atom stereocenters. The summed E-state index contributed by atoms with van der Waals surface area (Å²) in [6.45, 7) is 2.91. The molecule has 2 aromatic rings. The monoisotopic (exact) mass is 496 g/mol. The number of imidazole rings is 1. The maximum absolute atomic E-state index is 13.6. The first-order valence-corrected chi connectivity index (χ1v) is 13.4. The molecule has 5 aliphatic rings. The average Bonchev–Trinajstić information content (AvgIpc) is 3.29. The number of carbonyl (C=O) groups excluding carboxylic acids is 2. The summed E-state index contributed by atoms with van der Waals surface area (Å²) in [5.41, 5.74) is -0.168. The maximum atomic E-state index is 13.6. The summed E-state index contributed by atoms with van der Waals surface area (Å²) in [5, 5.41) is 0. The maximum Gasteiger partial charge on any atom is 0.332 e. The average molecular weight is 497 g/mol. The van der Waals surface area contributed by atoms with E-state index in [1.807, 2.05) is 9.80 Å². The number of fused-ring (bicyclic) bond motifs is 1. The Morgan fingerprint density at radius 2 is 1.50 bits per heavy atom. The lowest BCUT2D eigenvalue weighted by atomic mass is 9.49. The zero-order valence-electron chi connectivity index (χ0n) is 21.3. The van der Waals surface area contributed by atoms with E-state index in [1.54, 1.807) is 17.9 Å². The molecule has 4 saturated carbocycles. The zero-order valence-corrected chi connectivity index (χ0v) is 21.3. The quantitative estimate of drug-likeness (QED) is 0.617. The number of carbonyl (C=O) groups is 2. The van der Waals surface area contributed by atoms with Gasteiger partial charge in [-0.25, -0.2) is 9.78 Å². The third-order valence-corrected chi connectivity index (χ3v) is 9.42. The fraction of sp³-hybridized carbons (Fsp3) is 0.731. The van der Waals surface area contributed by atoms with Gasteiger partial charge in [0, 0.05) is 53.2 Å². The summed E-state index contributed by atoms with van der Waals surface area (Å²) in [7, 11) is 3.05. The molecule has 194 valence electrons. The molecule has 1 saturated heterocycles. The summed E-state index contributed by atoms with van der Waals surface area (Å²) in [4.78, 5) is 59.4. The second kappa shape index (κ2) is 8.59. The van der Waals surface area contributed by atoms with Crippen molar-refractivity contribution < 1.29 is 9.59 Å². The van der Waals surface area contributed by atoms with Gasteiger partial charge in [0.2, 0.25) is 11.8 Å². The van der Waals surface area contributed by atoms with Crippen LogP contribution >= 0.6 is 0 Å². The highest BCUT2D eigenvalue weighted by atomic mass is 16.2. The Morgan fingerprint density at radius 3 is 2.11 bits per heavy atom. The van der Waals surface area contributed by atoms with Crippen LogP contribution < -0.4 is 11.2 Å². The molecule has 7 rings (SSSR count).